The molecule has 4 nitrogen and oxygen atoms in total. The van der Waals surface area contributed by atoms with E-state index in [4.69, 9.17) is 0 Å². The van der Waals surface area contributed by atoms with Crippen LogP contribution in [-0.2, 0) is 9.53 Å². The van der Waals surface area contributed by atoms with Crippen LogP contribution in [-0.4, -0.2) is 31.2 Å². The highest BCUT2D eigenvalue weighted by atomic mass is 19.1. The van der Waals surface area contributed by atoms with Gasteiger partial charge in [0.15, 0.2) is 0 Å². The van der Waals surface area contributed by atoms with E-state index < -0.39 is 0 Å². The molecule has 2 heterocycles. The molecule has 0 radical (unpaired) electrons. The number of aromatic nitrogens is 1. The summed E-state index contributed by atoms with van der Waals surface area (Å²) >= 11 is 0. The van der Waals surface area contributed by atoms with E-state index in [-0.39, 0.29) is 11.8 Å². The molecule has 0 bridgehead atoms. The molecule has 0 aliphatic carbocycles. The minimum atomic E-state index is -0.320. The van der Waals surface area contributed by atoms with Gasteiger partial charge in [0, 0.05) is 19.5 Å². The Kier molecular flexibility index (Phi) is 4.12. The largest absolute Gasteiger partial charge is 0.469 e. The summed E-state index contributed by atoms with van der Waals surface area (Å²) in [5.74, 6) is 0.717. The van der Waals surface area contributed by atoms with Gasteiger partial charge in [-0.3, -0.25) is 4.79 Å². The lowest BCUT2D eigenvalue weighted by molar-refractivity contribution is -0.141. The van der Waals surface area contributed by atoms with Crippen LogP contribution in [0, 0.1) is 11.7 Å². The summed E-state index contributed by atoms with van der Waals surface area (Å²) in [7, 11) is 1.42. The molecule has 0 unspecified atom stereocenters. The number of rotatable bonds is 3. The summed E-state index contributed by atoms with van der Waals surface area (Å²) in [6, 6.07) is 3.11. The predicted molar refractivity (Wildman–Crippen MR) is 65.8 cm³/mol. The average Bonchev–Trinajstić information content (AvgIpc) is 2.40. The number of hydrogen-bond donors (Lipinski definition) is 0. The zero-order valence-electron chi connectivity index (χ0n) is 10.4. The van der Waals surface area contributed by atoms with Gasteiger partial charge >= 0.3 is 5.97 Å². The molecule has 1 fully saturated rings. The van der Waals surface area contributed by atoms with E-state index in [2.05, 4.69) is 14.6 Å². The molecule has 0 aromatic carbocycles. The topological polar surface area (TPSA) is 42.4 Å². The summed E-state index contributed by atoms with van der Waals surface area (Å²) in [5.41, 5.74) is 0. The number of carbonyl (C=O) groups is 1. The third kappa shape index (κ3) is 3.18. The van der Waals surface area contributed by atoms with Crippen LogP contribution in [0.25, 0.3) is 0 Å². The fraction of sp³-hybridized carbons (Fsp3) is 0.538. The van der Waals surface area contributed by atoms with Crippen molar-refractivity contribution >= 4 is 11.8 Å². The number of hydrogen-bond acceptors (Lipinski definition) is 4. The zero-order valence-corrected chi connectivity index (χ0v) is 10.4. The molecule has 98 valence electrons. The van der Waals surface area contributed by atoms with Crippen LogP contribution in [0.5, 0.6) is 0 Å². The normalized spacial score (nSPS) is 16.7. The molecule has 0 N–H and O–H groups in total. The predicted octanol–water partition coefficient (Wildman–Crippen LogP) is 2.00. The molecule has 1 aliphatic heterocycles. The van der Waals surface area contributed by atoms with Crippen molar-refractivity contribution < 1.29 is 13.9 Å². The number of nitrogens with zero attached hydrogens (tertiary/aromatic N) is 2. The average molecular weight is 252 g/mol. The minimum Gasteiger partial charge on any atom is -0.469 e. The molecule has 5 heteroatoms. The van der Waals surface area contributed by atoms with Crippen molar-refractivity contribution in [1.82, 2.24) is 4.98 Å². The minimum absolute atomic E-state index is 0.145. The Labute approximate surface area is 106 Å². The lowest BCUT2D eigenvalue weighted by Crippen LogP contribution is -2.35. The van der Waals surface area contributed by atoms with Gasteiger partial charge in [-0.25, -0.2) is 9.37 Å². The van der Waals surface area contributed by atoms with Gasteiger partial charge in [0.05, 0.1) is 13.3 Å². The summed E-state index contributed by atoms with van der Waals surface area (Å²) < 4.78 is 17.4. The van der Waals surface area contributed by atoms with Gasteiger partial charge < -0.3 is 9.64 Å². The van der Waals surface area contributed by atoms with Gasteiger partial charge in [-0.15, -0.1) is 0 Å². The van der Waals surface area contributed by atoms with Crippen molar-refractivity contribution in [2.45, 2.75) is 19.3 Å². The van der Waals surface area contributed by atoms with E-state index in [9.17, 15) is 9.18 Å². The van der Waals surface area contributed by atoms with Crippen LogP contribution in [0.15, 0.2) is 18.3 Å². The van der Waals surface area contributed by atoms with E-state index in [1.165, 1.54) is 19.4 Å². The number of methoxy groups -OCH3 is 1. The summed E-state index contributed by atoms with van der Waals surface area (Å²) in [4.78, 5) is 17.4. The lowest BCUT2D eigenvalue weighted by atomic mass is 9.93. The Morgan fingerprint density at radius 1 is 1.50 bits per heavy atom. The Morgan fingerprint density at radius 2 is 2.22 bits per heavy atom. The molecule has 18 heavy (non-hydrogen) atoms. The molecule has 1 aliphatic rings. The second kappa shape index (κ2) is 5.80. The maximum atomic E-state index is 12.8. The highest BCUT2D eigenvalue weighted by molar-refractivity contribution is 5.69. The van der Waals surface area contributed by atoms with Crippen molar-refractivity contribution in [1.29, 1.82) is 0 Å². The number of esters is 1. The maximum Gasteiger partial charge on any atom is 0.305 e. The third-order valence-corrected chi connectivity index (χ3v) is 3.33. The molecule has 0 atom stereocenters. The van der Waals surface area contributed by atoms with Crippen LogP contribution >= 0.6 is 0 Å². The van der Waals surface area contributed by atoms with Gasteiger partial charge in [-0.2, -0.15) is 0 Å². The molecule has 0 saturated carbocycles. The second-order valence-electron chi connectivity index (χ2n) is 4.55. The van der Waals surface area contributed by atoms with E-state index in [1.54, 1.807) is 6.07 Å². The molecule has 0 spiro atoms. The maximum absolute atomic E-state index is 12.8. The molecular weight excluding hydrogens is 235 g/mol. The molecule has 1 aromatic rings. The first-order valence-corrected chi connectivity index (χ1v) is 6.12. The van der Waals surface area contributed by atoms with Gasteiger partial charge in [0.2, 0.25) is 0 Å². The SMILES string of the molecule is COC(=O)CC1CCN(c2ccc(F)cn2)CC1. The summed E-state index contributed by atoms with van der Waals surface area (Å²) in [6.07, 6.45) is 3.60. The lowest BCUT2D eigenvalue weighted by Gasteiger charge is -2.32. The Bertz CT molecular complexity index is 400. The van der Waals surface area contributed by atoms with Crippen molar-refractivity contribution in [2.75, 3.05) is 25.1 Å². The van der Waals surface area contributed by atoms with Crippen LogP contribution in [0.2, 0.25) is 0 Å². The van der Waals surface area contributed by atoms with Crippen molar-refractivity contribution in [3.05, 3.63) is 24.1 Å². The Balaban J connectivity index is 1.86. The number of ether oxygens (including phenoxy) is 1. The van der Waals surface area contributed by atoms with Crippen LogP contribution in [0.4, 0.5) is 10.2 Å². The number of halogens is 1. The van der Waals surface area contributed by atoms with Gasteiger partial charge in [0.25, 0.3) is 0 Å². The van der Waals surface area contributed by atoms with Crippen LogP contribution < -0.4 is 4.90 Å². The van der Waals surface area contributed by atoms with Gasteiger partial charge in [-0.1, -0.05) is 0 Å². The highest BCUT2D eigenvalue weighted by Crippen LogP contribution is 2.24. The third-order valence-electron chi connectivity index (χ3n) is 3.33. The van der Waals surface area contributed by atoms with E-state index in [1.807, 2.05) is 0 Å². The van der Waals surface area contributed by atoms with Crippen molar-refractivity contribution in [3.8, 4) is 0 Å². The number of anilines is 1. The first-order chi connectivity index (χ1) is 8.69. The van der Waals surface area contributed by atoms with Crippen molar-refractivity contribution in [3.63, 3.8) is 0 Å². The number of piperidine rings is 1. The molecule has 2 rings (SSSR count). The summed E-state index contributed by atoms with van der Waals surface area (Å²) in [5, 5.41) is 0. The Morgan fingerprint density at radius 3 is 2.78 bits per heavy atom. The second-order valence-corrected chi connectivity index (χ2v) is 4.55. The van der Waals surface area contributed by atoms with Crippen molar-refractivity contribution in [2.24, 2.45) is 5.92 Å². The molecule has 0 amide bonds. The quantitative estimate of drug-likeness (QED) is 0.772. The van der Waals surface area contributed by atoms with E-state index in [0.29, 0.717) is 12.3 Å². The number of carbonyl (C=O) groups excluding carboxylic acids is 1. The summed E-state index contributed by atoms with van der Waals surface area (Å²) in [6.45, 7) is 1.70. The van der Waals surface area contributed by atoms with Gasteiger partial charge in [-0.05, 0) is 30.9 Å². The fourth-order valence-electron chi connectivity index (χ4n) is 2.24. The molecule has 1 saturated heterocycles. The molecule has 1 aromatic heterocycles. The number of pyridine rings is 1. The first-order valence-electron chi connectivity index (χ1n) is 6.12. The fourth-order valence-corrected chi connectivity index (χ4v) is 2.24. The monoisotopic (exact) mass is 252 g/mol. The van der Waals surface area contributed by atoms with E-state index >= 15 is 0 Å². The Hall–Kier alpha value is -1.65. The first kappa shape index (κ1) is 12.8. The van der Waals surface area contributed by atoms with E-state index in [0.717, 1.165) is 31.7 Å². The van der Waals surface area contributed by atoms with Crippen LogP contribution in [0.3, 0.4) is 0 Å². The smallest absolute Gasteiger partial charge is 0.305 e. The highest BCUT2D eigenvalue weighted by Gasteiger charge is 2.22. The molecular formula is C13H17FN2O2. The van der Waals surface area contributed by atoms with Crippen LogP contribution in [0.1, 0.15) is 19.3 Å². The zero-order chi connectivity index (χ0) is 13.0. The van der Waals surface area contributed by atoms with Gasteiger partial charge in [0.1, 0.15) is 11.6 Å². The standard InChI is InChI=1S/C13H17FN2O2/c1-18-13(17)8-10-4-6-16(7-5-10)12-3-2-11(14)9-15-12/h2-3,9-10H,4-8H2,1H3.